The molecule has 0 unspecified atom stereocenters. The van der Waals surface area contributed by atoms with Crippen LogP contribution in [0, 0.1) is 17.2 Å². The van der Waals surface area contributed by atoms with Crippen LogP contribution in [0.1, 0.15) is 25.8 Å². The number of ether oxygens (including phenoxy) is 3. The van der Waals surface area contributed by atoms with Gasteiger partial charge in [-0.05, 0) is 18.1 Å². The maximum absolute atomic E-state index is 11.9. The monoisotopic (exact) mass is 362 g/mol. The lowest BCUT2D eigenvalue weighted by Crippen LogP contribution is -2.47. The highest BCUT2D eigenvalue weighted by Gasteiger charge is 2.26. The van der Waals surface area contributed by atoms with Gasteiger partial charge in [0.05, 0.1) is 12.7 Å². The SMILES string of the molecule is CC[C@H](C)[C@H](NC(=O)COC(=O)COc1ccccc1C#N)C(=O)OC. The largest absolute Gasteiger partial charge is 0.481 e. The van der Waals surface area contributed by atoms with Gasteiger partial charge in [0.1, 0.15) is 17.9 Å². The molecule has 26 heavy (non-hydrogen) atoms. The molecule has 0 aliphatic heterocycles. The lowest BCUT2D eigenvalue weighted by Gasteiger charge is -2.21. The Morgan fingerprint density at radius 2 is 1.92 bits per heavy atom. The van der Waals surface area contributed by atoms with Crippen LogP contribution in [-0.4, -0.2) is 44.2 Å². The number of hydrogen-bond donors (Lipinski definition) is 1. The highest BCUT2D eigenvalue weighted by atomic mass is 16.6. The first-order valence-electron chi connectivity index (χ1n) is 8.07. The number of rotatable bonds is 9. The minimum absolute atomic E-state index is 0.132. The summed E-state index contributed by atoms with van der Waals surface area (Å²) in [5, 5.41) is 11.4. The Morgan fingerprint density at radius 1 is 1.23 bits per heavy atom. The molecular weight excluding hydrogens is 340 g/mol. The van der Waals surface area contributed by atoms with Crippen molar-refractivity contribution in [2.45, 2.75) is 26.3 Å². The molecule has 140 valence electrons. The van der Waals surface area contributed by atoms with Crippen molar-refractivity contribution in [3.63, 3.8) is 0 Å². The van der Waals surface area contributed by atoms with Gasteiger partial charge in [0.25, 0.3) is 5.91 Å². The maximum Gasteiger partial charge on any atom is 0.344 e. The summed E-state index contributed by atoms with van der Waals surface area (Å²) in [6.45, 7) is 2.68. The fourth-order valence-corrected chi connectivity index (χ4v) is 2.02. The molecule has 1 aromatic carbocycles. The minimum Gasteiger partial charge on any atom is -0.481 e. The third kappa shape index (κ3) is 6.43. The highest BCUT2D eigenvalue weighted by Crippen LogP contribution is 2.16. The molecule has 2 atom stereocenters. The Morgan fingerprint density at radius 3 is 2.54 bits per heavy atom. The topological polar surface area (TPSA) is 115 Å². The molecule has 0 saturated carbocycles. The lowest BCUT2D eigenvalue weighted by molar-refractivity contribution is -0.152. The van der Waals surface area contributed by atoms with E-state index in [1.54, 1.807) is 31.2 Å². The van der Waals surface area contributed by atoms with Gasteiger partial charge in [0.2, 0.25) is 0 Å². The zero-order chi connectivity index (χ0) is 19.5. The standard InChI is InChI=1S/C18H22N2O6/c1-4-12(2)17(18(23)24-3)20-15(21)10-26-16(22)11-25-14-8-6-5-7-13(14)9-19/h5-8,12,17H,4,10-11H2,1-3H3,(H,20,21)/t12-,17-/m0/s1. The molecule has 0 aliphatic rings. The van der Waals surface area contributed by atoms with Crippen molar-refractivity contribution in [2.24, 2.45) is 5.92 Å². The van der Waals surface area contributed by atoms with Crippen molar-refractivity contribution >= 4 is 17.8 Å². The molecule has 0 spiro atoms. The molecule has 8 nitrogen and oxygen atoms in total. The van der Waals surface area contributed by atoms with E-state index in [1.165, 1.54) is 7.11 Å². The van der Waals surface area contributed by atoms with Crippen molar-refractivity contribution in [1.29, 1.82) is 5.26 Å². The normalized spacial score (nSPS) is 12.2. The molecule has 0 aromatic heterocycles. The molecule has 0 radical (unpaired) electrons. The van der Waals surface area contributed by atoms with Crippen molar-refractivity contribution in [3.05, 3.63) is 29.8 Å². The summed E-state index contributed by atoms with van der Waals surface area (Å²) in [4.78, 5) is 35.3. The lowest BCUT2D eigenvalue weighted by atomic mass is 9.99. The summed E-state index contributed by atoms with van der Waals surface area (Å²) in [6, 6.07) is 7.56. The number of nitriles is 1. The van der Waals surface area contributed by atoms with Crippen molar-refractivity contribution < 1.29 is 28.6 Å². The van der Waals surface area contributed by atoms with E-state index >= 15 is 0 Å². The van der Waals surface area contributed by atoms with E-state index in [1.807, 2.05) is 13.0 Å². The van der Waals surface area contributed by atoms with Gasteiger partial charge < -0.3 is 19.5 Å². The molecule has 0 aliphatic carbocycles. The van der Waals surface area contributed by atoms with Crippen molar-refractivity contribution in [1.82, 2.24) is 5.32 Å². The second kappa shape index (κ2) is 10.7. The van der Waals surface area contributed by atoms with Crippen LogP contribution in [0.15, 0.2) is 24.3 Å². The zero-order valence-corrected chi connectivity index (χ0v) is 15.0. The fourth-order valence-electron chi connectivity index (χ4n) is 2.02. The molecule has 0 fully saturated rings. The number of hydrogen-bond acceptors (Lipinski definition) is 7. The van der Waals surface area contributed by atoms with Gasteiger partial charge in [-0.1, -0.05) is 32.4 Å². The minimum atomic E-state index is -0.810. The first-order valence-corrected chi connectivity index (χ1v) is 8.07. The van der Waals surface area contributed by atoms with Gasteiger partial charge in [-0.25, -0.2) is 9.59 Å². The Hall–Kier alpha value is -3.08. The van der Waals surface area contributed by atoms with Crippen LogP contribution in [0.3, 0.4) is 0 Å². The van der Waals surface area contributed by atoms with Crippen LogP contribution in [0.25, 0.3) is 0 Å². The third-order valence-electron chi connectivity index (χ3n) is 3.70. The average molecular weight is 362 g/mol. The third-order valence-corrected chi connectivity index (χ3v) is 3.70. The van der Waals surface area contributed by atoms with Crippen molar-refractivity contribution in [3.8, 4) is 11.8 Å². The van der Waals surface area contributed by atoms with E-state index in [0.29, 0.717) is 6.42 Å². The molecule has 1 amide bonds. The quantitative estimate of drug-likeness (QED) is 0.656. The summed E-state index contributed by atoms with van der Waals surface area (Å²) in [6.07, 6.45) is 0.659. The molecule has 1 rings (SSSR count). The average Bonchev–Trinajstić information content (AvgIpc) is 2.67. The van der Waals surface area contributed by atoms with Gasteiger partial charge in [-0.3, -0.25) is 4.79 Å². The van der Waals surface area contributed by atoms with Crippen molar-refractivity contribution in [2.75, 3.05) is 20.3 Å². The van der Waals surface area contributed by atoms with E-state index in [2.05, 4.69) is 10.1 Å². The Balaban J connectivity index is 2.47. The number of nitrogens with zero attached hydrogens (tertiary/aromatic N) is 1. The first-order chi connectivity index (χ1) is 12.4. The Bertz CT molecular complexity index is 683. The van der Waals surface area contributed by atoms with Crippen LogP contribution >= 0.6 is 0 Å². The molecule has 0 bridgehead atoms. The molecule has 0 saturated heterocycles. The van der Waals surface area contributed by atoms with Gasteiger partial charge >= 0.3 is 11.9 Å². The van der Waals surface area contributed by atoms with E-state index in [9.17, 15) is 14.4 Å². The van der Waals surface area contributed by atoms with Gasteiger partial charge in [-0.2, -0.15) is 5.26 Å². The van der Waals surface area contributed by atoms with Crippen LogP contribution < -0.4 is 10.1 Å². The highest BCUT2D eigenvalue weighted by molar-refractivity contribution is 5.86. The summed E-state index contributed by atoms with van der Waals surface area (Å²) in [5.74, 6) is -1.83. The number of amides is 1. The Kier molecular flexibility index (Phi) is 8.64. The number of para-hydroxylation sites is 1. The zero-order valence-electron chi connectivity index (χ0n) is 15.0. The van der Waals surface area contributed by atoms with E-state index in [4.69, 9.17) is 14.7 Å². The van der Waals surface area contributed by atoms with Crippen LogP contribution in [0.5, 0.6) is 5.75 Å². The van der Waals surface area contributed by atoms with Crippen LogP contribution in [-0.2, 0) is 23.9 Å². The predicted octanol–water partition coefficient (Wildman–Crippen LogP) is 1.18. The molecular formula is C18H22N2O6. The number of carbonyl (C=O) groups is 3. The van der Waals surface area contributed by atoms with E-state index in [-0.39, 0.29) is 17.2 Å². The second-order valence-electron chi connectivity index (χ2n) is 5.51. The second-order valence-corrected chi connectivity index (χ2v) is 5.51. The number of benzene rings is 1. The smallest absolute Gasteiger partial charge is 0.344 e. The number of methoxy groups -OCH3 is 1. The number of nitrogens with one attached hydrogen (secondary N) is 1. The van der Waals surface area contributed by atoms with Gasteiger partial charge in [0.15, 0.2) is 13.2 Å². The maximum atomic E-state index is 11.9. The fraction of sp³-hybridized carbons (Fsp3) is 0.444. The van der Waals surface area contributed by atoms with Crippen LogP contribution in [0.4, 0.5) is 0 Å². The predicted molar refractivity (Wildman–Crippen MR) is 91.0 cm³/mol. The molecule has 0 heterocycles. The number of carbonyl (C=O) groups excluding carboxylic acids is 3. The van der Waals surface area contributed by atoms with Gasteiger partial charge in [-0.15, -0.1) is 0 Å². The summed E-state index contributed by atoms with van der Waals surface area (Å²) in [5.41, 5.74) is 0.285. The molecule has 8 heteroatoms. The van der Waals surface area contributed by atoms with Gasteiger partial charge in [0, 0.05) is 0 Å². The van der Waals surface area contributed by atoms with Crippen LogP contribution in [0.2, 0.25) is 0 Å². The number of esters is 2. The van der Waals surface area contributed by atoms with E-state index in [0.717, 1.165) is 0 Å². The molecule has 1 N–H and O–H groups in total. The summed E-state index contributed by atoms with van der Waals surface area (Å²) < 4.78 is 14.7. The first kappa shape index (κ1) is 21.0. The van der Waals surface area contributed by atoms with E-state index < -0.39 is 37.1 Å². The molecule has 1 aromatic rings. The Labute approximate surface area is 152 Å². The summed E-state index contributed by atoms with van der Waals surface area (Å²) in [7, 11) is 1.24. The summed E-state index contributed by atoms with van der Waals surface area (Å²) >= 11 is 0.